The van der Waals surface area contributed by atoms with Crippen LogP contribution in [-0.4, -0.2) is 11.5 Å². The molecular formula is C30H32N2O. The highest BCUT2D eigenvalue weighted by molar-refractivity contribution is 5.39. The first kappa shape index (κ1) is 22.8. The van der Waals surface area contributed by atoms with Gasteiger partial charge in [0, 0.05) is 24.0 Å². The Labute approximate surface area is 197 Å². The van der Waals surface area contributed by atoms with Gasteiger partial charge in [-0.05, 0) is 67.6 Å². The standard InChI is InChI=1S/C30H32N2O/c1-22-11-16-29(23(2)20-22)30(26-8-5-4-6-9-26)32-19-17-25-12-14-28(15-13-25)33-21-27-10-7-18-31-24(27)3/h4-16,18,20,30,32H,17,19,21H2,1-3H3. The zero-order valence-corrected chi connectivity index (χ0v) is 19.7. The summed E-state index contributed by atoms with van der Waals surface area (Å²) >= 11 is 0. The summed E-state index contributed by atoms with van der Waals surface area (Å²) in [5.74, 6) is 0.882. The van der Waals surface area contributed by atoms with Crippen LogP contribution in [0.15, 0.2) is 91.1 Å². The zero-order chi connectivity index (χ0) is 23.0. The van der Waals surface area contributed by atoms with Gasteiger partial charge in [-0.1, -0.05) is 72.3 Å². The highest BCUT2D eigenvalue weighted by Gasteiger charge is 2.15. The molecule has 3 heteroatoms. The maximum Gasteiger partial charge on any atom is 0.119 e. The van der Waals surface area contributed by atoms with Crippen LogP contribution in [0.3, 0.4) is 0 Å². The van der Waals surface area contributed by atoms with Gasteiger partial charge in [-0.2, -0.15) is 0 Å². The van der Waals surface area contributed by atoms with E-state index in [4.69, 9.17) is 4.74 Å². The van der Waals surface area contributed by atoms with Crippen LogP contribution in [0.2, 0.25) is 0 Å². The van der Waals surface area contributed by atoms with Crippen molar-refractivity contribution in [1.29, 1.82) is 0 Å². The second-order valence-electron chi connectivity index (χ2n) is 8.59. The number of hydrogen-bond donors (Lipinski definition) is 1. The fourth-order valence-corrected chi connectivity index (χ4v) is 4.15. The molecule has 0 amide bonds. The van der Waals surface area contributed by atoms with E-state index >= 15 is 0 Å². The van der Waals surface area contributed by atoms with E-state index in [0.29, 0.717) is 6.61 Å². The van der Waals surface area contributed by atoms with E-state index in [1.165, 1.54) is 27.8 Å². The van der Waals surface area contributed by atoms with Crippen molar-refractivity contribution in [3.05, 3.63) is 130 Å². The lowest BCUT2D eigenvalue weighted by atomic mass is 9.93. The van der Waals surface area contributed by atoms with Crippen LogP contribution in [0.4, 0.5) is 0 Å². The summed E-state index contributed by atoms with van der Waals surface area (Å²) in [6.45, 7) is 7.78. The van der Waals surface area contributed by atoms with Gasteiger partial charge >= 0.3 is 0 Å². The molecule has 4 aromatic rings. The molecule has 0 bridgehead atoms. The topological polar surface area (TPSA) is 34.1 Å². The molecule has 1 aromatic heterocycles. The molecule has 0 aliphatic carbocycles. The Balaban J connectivity index is 1.37. The molecule has 0 fully saturated rings. The number of hydrogen-bond acceptors (Lipinski definition) is 3. The first-order valence-electron chi connectivity index (χ1n) is 11.6. The summed E-state index contributed by atoms with van der Waals surface area (Å²) in [6, 6.07) is 30.0. The fourth-order valence-electron chi connectivity index (χ4n) is 4.15. The van der Waals surface area contributed by atoms with Crippen molar-refractivity contribution in [2.75, 3.05) is 6.54 Å². The fraction of sp³-hybridized carbons (Fsp3) is 0.233. The molecule has 0 saturated heterocycles. The second-order valence-corrected chi connectivity index (χ2v) is 8.59. The molecule has 3 nitrogen and oxygen atoms in total. The van der Waals surface area contributed by atoms with E-state index < -0.39 is 0 Å². The highest BCUT2D eigenvalue weighted by Crippen LogP contribution is 2.26. The number of aromatic nitrogens is 1. The Morgan fingerprint density at radius 1 is 0.848 bits per heavy atom. The lowest BCUT2D eigenvalue weighted by Gasteiger charge is -2.22. The molecule has 33 heavy (non-hydrogen) atoms. The summed E-state index contributed by atoms with van der Waals surface area (Å²) in [7, 11) is 0. The van der Waals surface area contributed by atoms with Crippen LogP contribution >= 0.6 is 0 Å². The molecule has 3 aromatic carbocycles. The molecule has 1 unspecified atom stereocenters. The molecular weight excluding hydrogens is 404 g/mol. The SMILES string of the molecule is Cc1ccc(C(NCCc2ccc(OCc3cccnc3C)cc2)c2ccccc2)c(C)c1. The Morgan fingerprint density at radius 2 is 1.64 bits per heavy atom. The van der Waals surface area contributed by atoms with Crippen LogP contribution in [0, 0.1) is 20.8 Å². The van der Waals surface area contributed by atoms with Crippen LogP contribution < -0.4 is 10.1 Å². The van der Waals surface area contributed by atoms with E-state index in [1.807, 2.05) is 19.2 Å². The van der Waals surface area contributed by atoms with Crippen molar-refractivity contribution in [3.63, 3.8) is 0 Å². The van der Waals surface area contributed by atoms with Gasteiger partial charge in [0.05, 0.1) is 6.04 Å². The zero-order valence-electron chi connectivity index (χ0n) is 19.7. The van der Waals surface area contributed by atoms with Crippen LogP contribution in [0.1, 0.15) is 45.1 Å². The number of rotatable bonds is 9. The Morgan fingerprint density at radius 3 is 2.36 bits per heavy atom. The molecule has 1 N–H and O–H groups in total. The van der Waals surface area contributed by atoms with Crippen LogP contribution in [-0.2, 0) is 13.0 Å². The van der Waals surface area contributed by atoms with Gasteiger partial charge < -0.3 is 10.1 Å². The molecule has 0 aliphatic rings. The first-order chi connectivity index (χ1) is 16.1. The van der Waals surface area contributed by atoms with Crippen molar-refractivity contribution in [2.45, 2.75) is 39.8 Å². The predicted molar refractivity (Wildman–Crippen MR) is 136 cm³/mol. The van der Waals surface area contributed by atoms with Gasteiger partial charge in [-0.15, -0.1) is 0 Å². The molecule has 0 spiro atoms. The second kappa shape index (κ2) is 10.9. The molecule has 0 saturated carbocycles. The lowest BCUT2D eigenvalue weighted by molar-refractivity contribution is 0.304. The molecule has 4 rings (SSSR count). The summed E-state index contributed by atoms with van der Waals surface area (Å²) < 4.78 is 5.95. The van der Waals surface area contributed by atoms with E-state index in [-0.39, 0.29) is 6.04 Å². The molecule has 1 heterocycles. The van der Waals surface area contributed by atoms with Crippen molar-refractivity contribution >= 4 is 0 Å². The number of nitrogens with one attached hydrogen (secondary N) is 1. The third-order valence-electron chi connectivity index (χ3n) is 6.07. The van der Waals surface area contributed by atoms with Gasteiger partial charge in [0.1, 0.15) is 12.4 Å². The summed E-state index contributed by atoms with van der Waals surface area (Å²) in [4.78, 5) is 4.32. The van der Waals surface area contributed by atoms with Crippen molar-refractivity contribution in [3.8, 4) is 5.75 Å². The third kappa shape index (κ3) is 6.09. The molecule has 1 atom stereocenters. The van der Waals surface area contributed by atoms with Gasteiger partial charge in [-0.3, -0.25) is 4.98 Å². The van der Waals surface area contributed by atoms with E-state index in [2.05, 4.69) is 103 Å². The minimum atomic E-state index is 0.178. The van der Waals surface area contributed by atoms with Gasteiger partial charge in [0.25, 0.3) is 0 Å². The first-order valence-corrected chi connectivity index (χ1v) is 11.6. The van der Waals surface area contributed by atoms with Gasteiger partial charge in [-0.25, -0.2) is 0 Å². The summed E-state index contributed by atoms with van der Waals surface area (Å²) in [5, 5.41) is 3.79. The maximum atomic E-state index is 5.95. The number of aryl methyl sites for hydroxylation is 3. The summed E-state index contributed by atoms with van der Waals surface area (Å²) in [5.41, 5.74) is 8.66. The van der Waals surface area contributed by atoms with Crippen molar-refractivity contribution in [2.24, 2.45) is 0 Å². The molecule has 168 valence electrons. The van der Waals surface area contributed by atoms with Gasteiger partial charge in [0.2, 0.25) is 0 Å². The van der Waals surface area contributed by atoms with Crippen molar-refractivity contribution in [1.82, 2.24) is 10.3 Å². The monoisotopic (exact) mass is 436 g/mol. The van der Waals surface area contributed by atoms with E-state index in [1.54, 1.807) is 0 Å². The number of benzene rings is 3. The molecule has 0 aliphatic heterocycles. The average molecular weight is 437 g/mol. The largest absolute Gasteiger partial charge is 0.489 e. The highest BCUT2D eigenvalue weighted by atomic mass is 16.5. The van der Waals surface area contributed by atoms with Crippen LogP contribution in [0.25, 0.3) is 0 Å². The quantitative estimate of drug-likeness (QED) is 0.325. The minimum absolute atomic E-state index is 0.178. The van der Waals surface area contributed by atoms with Gasteiger partial charge in [0.15, 0.2) is 0 Å². The summed E-state index contributed by atoms with van der Waals surface area (Å²) in [6.07, 6.45) is 2.76. The lowest BCUT2D eigenvalue weighted by Crippen LogP contribution is -2.25. The van der Waals surface area contributed by atoms with E-state index in [9.17, 15) is 0 Å². The number of ether oxygens (including phenoxy) is 1. The normalized spacial score (nSPS) is 11.8. The van der Waals surface area contributed by atoms with Crippen LogP contribution in [0.5, 0.6) is 5.75 Å². The Kier molecular flexibility index (Phi) is 7.54. The number of nitrogens with zero attached hydrogens (tertiary/aromatic N) is 1. The number of pyridine rings is 1. The minimum Gasteiger partial charge on any atom is -0.489 e. The van der Waals surface area contributed by atoms with Crippen molar-refractivity contribution < 1.29 is 4.74 Å². The average Bonchev–Trinajstić information content (AvgIpc) is 2.83. The smallest absolute Gasteiger partial charge is 0.119 e. The maximum absolute atomic E-state index is 5.95. The predicted octanol–water partition coefficient (Wildman–Crippen LogP) is 6.51. The third-order valence-corrected chi connectivity index (χ3v) is 6.07. The molecule has 0 radical (unpaired) electrons. The Hall–Kier alpha value is -3.43. The Bertz CT molecular complexity index is 1170. The van der Waals surface area contributed by atoms with E-state index in [0.717, 1.165) is 30.0 Å².